The molecule has 0 saturated heterocycles. The van der Waals surface area contributed by atoms with Gasteiger partial charge in [-0.15, -0.1) is 0 Å². The first-order valence-corrected chi connectivity index (χ1v) is 11.3. The maximum absolute atomic E-state index is 13.4. The van der Waals surface area contributed by atoms with E-state index in [0.29, 0.717) is 16.4 Å². The molecule has 0 saturated carbocycles. The van der Waals surface area contributed by atoms with Crippen molar-refractivity contribution >= 4 is 50.5 Å². The van der Waals surface area contributed by atoms with E-state index in [9.17, 15) is 13.2 Å². The number of carbonyl (C=O) groups is 1. The van der Waals surface area contributed by atoms with Crippen LogP contribution in [0.25, 0.3) is 0 Å². The van der Waals surface area contributed by atoms with Crippen LogP contribution in [0.15, 0.2) is 71.6 Å². The fourth-order valence-electron chi connectivity index (χ4n) is 2.89. The lowest BCUT2D eigenvalue weighted by molar-refractivity contribution is -0.114. The van der Waals surface area contributed by atoms with Crippen LogP contribution in [0.3, 0.4) is 0 Å². The molecule has 1 N–H and O–H groups in total. The summed E-state index contributed by atoms with van der Waals surface area (Å²) in [4.78, 5) is 12.9. The number of rotatable bonds is 6. The molecular weight excluding hydrogens is 443 g/mol. The van der Waals surface area contributed by atoms with E-state index in [1.54, 1.807) is 49.4 Å². The lowest BCUT2D eigenvalue weighted by Gasteiger charge is -2.25. The Balaban J connectivity index is 1.95. The van der Waals surface area contributed by atoms with Gasteiger partial charge in [0.25, 0.3) is 10.0 Å². The molecule has 0 heterocycles. The Bertz CT molecular complexity index is 1180. The lowest BCUT2D eigenvalue weighted by Crippen LogP contribution is -2.38. The molecule has 0 aromatic heterocycles. The zero-order valence-corrected chi connectivity index (χ0v) is 18.7. The minimum absolute atomic E-state index is 0.110. The molecule has 0 aliphatic carbocycles. The summed E-state index contributed by atoms with van der Waals surface area (Å²) in [6, 6.07) is 18.2. The van der Waals surface area contributed by atoms with E-state index in [1.807, 2.05) is 13.0 Å². The van der Waals surface area contributed by atoms with E-state index in [2.05, 4.69) is 5.32 Å². The number of para-hydroxylation sites is 1. The van der Waals surface area contributed by atoms with Gasteiger partial charge in [0.2, 0.25) is 5.91 Å². The van der Waals surface area contributed by atoms with Gasteiger partial charge in [-0.1, -0.05) is 59.1 Å². The van der Waals surface area contributed by atoms with Crippen molar-refractivity contribution in [3.63, 3.8) is 0 Å². The first kappa shape index (κ1) is 22.2. The Hall–Kier alpha value is -2.54. The summed E-state index contributed by atoms with van der Waals surface area (Å²) in [5.74, 6) is -0.507. The van der Waals surface area contributed by atoms with Crippen LogP contribution in [-0.2, 0) is 14.8 Å². The average molecular weight is 463 g/mol. The van der Waals surface area contributed by atoms with Gasteiger partial charge in [-0.05, 0) is 55.8 Å². The van der Waals surface area contributed by atoms with Crippen molar-refractivity contribution in [3.8, 4) is 0 Å². The van der Waals surface area contributed by atoms with Gasteiger partial charge in [0.05, 0.1) is 20.6 Å². The van der Waals surface area contributed by atoms with Gasteiger partial charge in [0.1, 0.15) is 6.54 Å². The van der Waals surface area contributed by atoms with Crippen LogP contribution >= 0.6 is 23.2 Å². The summed E-state index contributed by atoms with van der Waals surface area (Å²) in [6.45, 7) is 3.27. The maximum atomic E-state index is 13.4. The molecule has 0 unspecified atom stereocenters. The number of carbonyl (C=O) groups excluding carboxylic acids is 1. The highest BCUT2D eigenvalue weighted by atomic mass is 35.5. The molecule has 30 heavy (non-hydrogen) atoms. The smallest absolute Gasteiger partial charge is 0.264 e. The molecule has 0 spiro atoms. The van der Waals surface area contributed by atoms with E-state index in [4.69, 9.17) is 23.2 Å². The average Bonchev–Trinajstić information content (AvgIpc) is 2.70. The molecule has 8 heteroatoms. The molecular formula is C22H20Cl2N2O3S. The van der Waals surface area contributed by atoms with Crippen LogP contribution in [0.4, 0.5) is 11.4 Å². The van der Waals surface area contributed by atoms with Gasteiger partial charge in [-0.3, -0.25) is 9.10 Å². The van der Waals surface area contributed by atoms with Gasteiger partial charge in [-0.2, -0.15) is 0 Å². The second-order valence-electron chi connectivity index (χ2n) is 6.79. The van der Waals surface area contributed by atoms with Gasteiger partial charge >= 0.3 is 0 Å². The zero-order valence-electron chi connectivity index (χ0n) is 16.4. The Morgan fingerprint density at radius 2 is 1.60 bits per heavy atom. The SMILES string of the molecule is Cc1ccc(S(=O)(=O)N(CC(=O)Nc2ccc(Cl)c(Cl)c2)c2ccccc2C)cc1. The third-order valence-corrected chi connectivity index (χ3v) is 7.00. The number of halogens is 2. The summed E-state index contributed by atoms with van der Waals surface area (Å²) < 4.78 is 27.9. The summed E-state index contributed by atoms with van der Waals surface area (Å²) in [5, 5.41) is 3.32. The Morgan fingerprint density at radius 1 is 0.933 bits per heavy atom. The third kappa shape index (κ3) is 4.95. The third-order valence-electron chi connectivity index (χ3n) is 4.48. The number of benzene rings is 3. The van der Waals surface area contributed by atoms with Crippen LogP contribution < -0.4 is 9.62 Å². The van der Waals surface area contributed by atoms with E-state index < -0.39 is 22.5 Å². The van der Waals surface area contributed by atoms with E-state index in [-0.39, 0.29) is 9.92 Å². The van der Waals surface area contributed by atoms with Crippen molar-refractivity contribution < 1.29 is 13.2 Å². The second kappa shape index (κ2) is 9.08. The Morgan fingerprint density at radius 3 is 2.23 bits per heavy atom. The highest BCUT2D eigenvalue weighted by Crippen LogP contribution is 2.28. The monoisotopic (exact) mass is 462 g/mol. The van der Waals surface area contributed by atoms with Crippen molar-refractivity contribution in [3.05, 3.63) is 87.9 Å². The number of nitrogens with zero attached hydrogens (tertiary/aromatic N) is 1. The quantitative estimate of drug-likeness (QED) is 0.529. The number of sulfonamides is 1. The number of hydrogen-bond acceptors (Lipinski definition) is 3. The largest absolute Gasteiger partial charge is 0.324 e. The predicted molar refractivity (Wildman–Crippen MR) is 122 cm³/mol. The summed E-state index contributed by atoms with van der Waals surface area (Å²) in [7, 11) is -3.97. The molecule has 156 valence electrons. The number of amides is 1. The molecule has 0 atom stereocenters. The first-order valence-electron chi connectivity index (χ1n) is 9.08. The highest BCUT2D eigenvalue weighted by molar-refractivity contribution is 7.92. The number of nitrogens with one attached hydrogen (secondary N) is 1. The standard InChI is InChI=1S/C22H20Cl2N2O3S/c1-15-7-10-18(11-8-15)30(28,29)26(21-6-4-3-5-16(21)2)14-22(27)25-17-9-12-19(23)20(24)13-17/h3-13H,14H2,1-2H3,(H,25,27). The predicted octanol–water partition coefficient (Wildman–Crippen LogP) is 5.44. The molecule has 3 aromatic rings. The topological polar surface area (TPSA) is 66.5 Å². The lowest BCUT2D eigenvalue weighted by atomic mass is 10.2. The molecule has 0 fully saturated rings. The maximum Gasteiger partial charge on any atom is 0.264 e. The molecule has 0 aliphatic heterocycles. The molecule has 0 radical (unpaired) electrons. The second-order valence-corrected chi connectivity index (χ2v) is 9.46. The van der Waals surface area contributed by atoms with Gasteiger partial charge < -0.3 is 5.32 Å². The summed E-state index contributed by atoms with van der Waals surface area (Å²) in [5.41, 5.74) is 2.53. The first-order chi connectivity index (χ1) is 14.2. The molecule has 5 nitrogen and oxygen atoms in total. The van der Waals surface area contributed by atoms with Crippen molar-refractivity contribution in [2.24, 2.45) is 0 Å². The fourth-order valence-corrected chi connectivity index (χ4v) is 4.67. The van der Waals surface area contributed by atoms with Crippen LogP contribution in [-0.4, -0.2) is 20.9 Å². The molecule has 1 amide bonds. The number of aryl methyl sites for hydroxylation is 2. The number of hydrogen-bond donors (Lipinski definition) is 1. The van der Waals surface area contributed by atoms with Crippen LogP contribution in [0.2, 0.25) is 10.0 Å². The highest BCUT2D eigenvalue weighted by Gasteiger charge is 2.28. The van der Waals surface area contributed by atoms with E-state index in [0.717, 1.165) is 15.4 Å². The van der Waals surface area contributed by atoms with Crippen molar-refractivity contribution in [2.75, 3.05) is 16.2 Å². The van der Waals surface area contributed by atoms with Crippen molar-refractivity contribution in [1.29, 1.82) is 0 Å². The van der Waals surface area contributed by atoms with Crippen LogP contribution in [0.5, 0.6) is 0 Å². The number of anilines is 2. The van der Waals surface area contributed by atoms with E-state index in [1.165, 1.54) is 18.2 Å². The Labute approximate surface area is 186 Å². The molecule has 3 rings (SSSR count). The minimum atomic E-state index is -3.97. The van der Waals surface area contributed by atoms with Crippen molar-refractivity contribution in [2.45, 2.75) is 18.7 Å². The van der Waals surface area contributed by atoms with Crippen LogP contribution in [0.1, 0.15) is 11.1 Å². The Kier molecular flexibility index (Phi) is 6.71. The molecule has 0 aliphatic rings. The van der Waals surface area contributed by atoms with Gasteiger partial charge in [0.15, 0.2) is 0 Å². The van der Waals surface area contributed by atoms with Crippen LogP contribution in [0, 0.1) is 13.8 Å². The molecule has 0 bridgehead atoms. The zero-order chi connectivity index (χ0) is 21.9. The normalized spacial score (nSPS) is 11.2. The molecule has 3 aromatic carbocycles. The van der Waals surface area contributed by atoms with Crippen molar-refractivity contribution in [1.82, 2.24) is 0 Å². The minimum Gasteiger partial charge on any atom is -0.324 e. The summed E-state index contributed by atoms with van der Waals surface area (Å²) in [6.07, 6.45) is 0. The van der Waals surface area contributed by atoms with E-state index >= 15 is 0 Å². The summed E-state index contributed by atoms with van der Waals surface area (Å²) >= 11 is 11.9. The fraction of sp³-hybridized carbons (Fsp3) is 0.136. The van der Waals surface area contributed by atoms with Gasteiger partial charge in [-0.25, -0.2) is 8.42 Å². The van der Waals surface area contributed by atoms with Gasteiger partial charge in [0, 0.05) is 5.69 Å².